The predicted molar refractivity (Wildman–Crippen MR) is 108 cm³/mol. The Morgan fingerprint density at radius 1 is 1.11 bits per heavy atom. The van der Waals surface area contributed by atoms with Crippen LogP contribution in [0.4, 0.5) is 0 Å². The van der Waals surface area contributed by atoms with E-state index in [2.05, 4.69) is 5.32 Å². The zero-order valence-corrected chi connectivity index (χ0v) is 17.2. The second-order valence-corrected chi connectivity index (χ2v) is 9.07. The molecule has 0 radical (unpaired) electrons. The standard InChI is InChI=1S/C19H21ClN2O3S.ClH/c1-25-15-8-6-13(7-9-15)19-16-11-21-10-14(16)12-22(19)26(23,24)18-5-3-2-4-17(18)20;/h2-9,14,16,19,21H,10-12H2,1H3;1H/t14-,16-,19-;/m0./s1. The molecule has 2 heterocycles. The molecule has 0 bridgehead atoms. The van der Waals surface area contributed by atoms with Crippen molar-refractivity contribution >= 4 is 34.0 Å². The quantitative estimate of drug-likeness (QED) is 0.810. The van der Waals surface area contributed by atoms with E-state index in [4.69, 9.17) is 16.3 Å². The highest BCUT2D eigenvalue weighted by atomic mass is 35.5. The molecule has 0 aliphatic carbocycles. The minimum atomic E-state index is -3.68. The summed E-state index contributed by atoms with van der Waals surface area (Å²) in [6.07, 6.45) is 0. The van der Waals surface area contributed by atoms with Gasteiger partial charge in [-0.3, -0.25) is 0 Å². The fraction of sp³-hybridized carbons (Fsp3) is 0.368. The summed E-state index contributed by atoms with van der Waals surface area (Å²) in [5.74, 6) is 1.31. The van der Waals surface area contributed by atoms with E-state index in [0.29, 0.717) is 12.5 Å². The van der Waals surface area contributed by atoms with Crippen LogP contribution < -0.4 is 10.1 Å². The highest BCUT2D eigenvalue weighted by Crippen LogP contribution is 2.46. The lowest BCUT2D eigenvalue weighted by molar-refractivity contribution is 0.345. The summed E-state index contributed by atoms with van der Waals surface area (Å²) < 4.78 is 33.6. The van der Waals surface area contributed by atoms with Crippen LogP contribution in [-0.2, 0) is 10.0 Å². The van der Waals surface area contributed by atoms with Crippen LogP contribution in [0.2, 0.25) is 5.02 Å². The van der Waals surface area contributed by atoms with Gasteiger partial charge in [0.05, 0.1) is 18.2 Å². The Labute approximate surface area is 171 Å². The van der Waals surface area contributed by atoms with E-state index in [1.54, 1.807) is 35.7 Å². The van der Waals surface area contributed by atoms with Gasteiger partial charge in [0.2, 0.25) is 10.0 Å². The van der Waals surface area contributed by atoms with Crippen molar-refractivity contribution in [2.75, 3.05) is 26.7 Å². The summed E-state index contributed by atoms with van der Waals surface area (Å²) in [6, 6.07) is 14.1. The molecule has 2 aromatic rings. The summed E-state index contributed by atoms with van der Waals surface area (Å²) in [5, 5.41) is 3.66. The number of hydrogen-bond donors (Lipinski definition) is 1. The third kappa shape index (κ3) is 3.57. The summed E-state index contributed by atoms with van der Waals surface area (Å²) in [5.41, 5.74) is 0.984. The fourth-order valence-corrected chi connectivity index (χ4v) is 6.33. The van der Waals surface area contributed by atoms with Crippen LogP contribution in [0.1, 0.15) is 11.6 Å². The molecule has 0 aromatic heterocycles. The van der Waals surface area contributed by atoms with Crippen LogP contribution in [0.3, 0.4) is 0 Å². The van der Waals surface area contributed by atoms with E-state index in [1.165, 1.54) is 0 Å². The molecule has 2 fully saturated rings. The largest absolute Gasteiger partial charge is 0.497 e. The third-order valence-corrected chi connectivity index (χ3v) is 7.75. The number of nitrogens with zero attached hydrogens (tertiary/aromatic N) is 1. The van der Waals surface area contributed by atoms with Crippen LogP contribution >= 0.6 is 24.0 Å². The van der Waals surface area contributed by atoms with Crippen LogP contribution in [0.15, 0.2) is 53.4 Å². The van der Waals surface area contributed by atoms with Gasteiger partial charge in [-0.15, -0.1) is 12.4 Å². The van der Waals surface area contributed by atoms with Gasteiger partial charge in [-0.05, 0) is 48.2 Å². The lowest BCUT2D eigenvalue weighted by atomic mass is 9.90. The van der Waals surface area contributed by atoms with Gasteiger partial charge in [-0.25, -0.2) is 8.42 Å². The number of nitrogens with one attached hydrogen (secondary N) is 1. The number of halogens is 2. The first-order valence-electron chi connectivity index (χ1n) is 8.63. The third-order valence-electron chi connectivity index (χ3n) is 5.40. The van der Waals surface area contributed by atoms with Crippen molar-refractivity contribution in [2.45, 2.75) is 10.9 Å². The van der Waals surface area contributed by atoms with Gasteiger partial charge in [0, 0.05) is 13.1 Å². The molecule has 5 nitrogen and oxygen atoms in total. The first-order valence-corrected chi connectivity index (χ1v) is 10.4. The molecule has 8 heteroatoms. The van der Waals surface area contributed by atoms with Crippen molar-refractivity contribution < 1.29 is 13.2 Å². The Morgan fingerprint density at radius 3 is 2.48 bits per heavy atom. The molecule has 146 valence electrons. The number of ether oxygens (including phenoxy) is 1. The molecule has 0 unspecified atom stereocenters. The average molecular weight is 429 g/mol. The minimum absolute atomic E-state index is 0. The van der Waals surface area contributed by atoms with Crippen molar-refractivity contribution in [3.8, 4) is 5.75 Å². The molecule has 27 heavy (non-hydrogen) atoms. The molecule has 0 saturated carbocycles. The van der Waals surface area contributed by atoms with Gasteiger partial charge < -0.3 is 10.1 Å². The van der Waals surface area contributed by atoms with Gasteiger partial charge in [-0.1, -0.05) is 35.9 Å². The van der Waals surface area contributed by atoms with E-state index in [9.17, 15) is 8.42 Å². The first kappa shape index (κ1) is 20.4. The maximum atomic E-state index is 13.4. The van der Waals surface area contributed by atoms with E-state index in [0.717, 1.165) is 24.4 Å². The molecule has 1 N–H and O–H groups in total. The lowest BCUT2D eigenvalue weighted by Crippen LogP contribution is -2.34. The van der Waals surface area contributed by atoms with Crippen molar-refractivity contribution in [2.24, 2.45) is 11.8 Å². The van der Waals surface area contributed by atoms with Crippen LogP contribution in [0, 0.1) is 11.8 Å². The van der Waals surface area contributed by atoms with Gasteiger partial charge in [-0.2, -0.15) is 4.31 Å². The summed E-state index contributed by atoms with van der Waals surface area (Å²) in [7, 11) is -2.06. The normalized spacial score (nSPS) is 25.0. The van der Waals surface area contributed by atoms with E-state index >= 15 is 0 Å². The molecule has 3 atom stereocenters. The molecular formula is C19H22Cl2N2O3S. The highest BCUT2D eigenvalue weighted by molar-refractivity contribution is 7.89. The maximum Gasteiger partial charge on any atom is 0.245 e. The van der Waals surface area contributed by atoms with E-state index in [1.807, 2.05) is 24.3 Å². The first-order chi connectivity index (χ1) is 12.5. The zero-order chi connectivity index (χ0) is 18.3. The molecule has 4 rings (SSSR count). The fourth-order valence-electron chi connectivity index (χ4n) is 4.12. The number of rotatable bonds is 4. The Balaban J connectivity index is 0.00000210. The van der Waals surface area contributed by atoms with Crippen molar-refractivity contribution in [3.63, 3.8) is 0 Å². The van der Waals surface area contributed by atoms with Crippen molar-refractivity contribution in [1.82, 2.24) is 9.62 Å². The Hall–Kier alpha value is -1.31. The maximum absolute atomic E-state index is 13.4. The van der Waals surface area contributed by atoms with E-state index in [-0.39, 0.29) is 34.3 Å². The van der Waals surface area contributed by atoms with Gasteiger partial charge >= 0.3 is 0 Å². The molecule has 0 spiro atoms. The molecule has 2 aliphatic rings. The Bertz CT molecular complexity index is 905. The SMILES string of the molecule is COc1ccc([C@H]2[C@H]3CNC[C@H]3CN2S(=O)(=O)c2ccccc2Cl)cc1.Cl. The second-order valence-electron chi connectivity index (χ2n) is 6.81. The zero-order valence-electron chi connectivity index (χ0n) is 14.8. The average Bonchev–Trinajstić information content (AvgIpc) is 3.23. The van der Waals surface area contributed by atoms with Crippen LogP contribution in [0.5, 0.6) is 5.75 Å². The molecule has 0 amide bonds. The monoisotopic (exact) mass is 428 g/mol. The van der Waals surface area contributed by atoms with Gasteiger partial charge in [0.15, 0.2) is 0 Å². The Kier molecular flexibility index (Phi) is 6.03. The van der Waals surface area contributed by atoms with Crippen LogP contribution in [-0.4, -0.2) is 39.5 Å². The predicted octanol–water partition coefficient (Wildman–Crippen LogP) is 3.35. The lowest BCUT2D eigenvalue weighted by Gasteiger charge is -2.28. The number of sulfonamides is 1. The van der Waals surface area contributed by atoms with Gasteiger partial charge in [0.1, 0.15) is 10.6 Å². The molecule has 2 aromatic carbocycles. The summed E-state index contributed by atoms with van der Waals surface area (Å²) in [4.78, 5) is 0.174. The molecule has 2 saturated heterocycles. The number of hydrogen-bond acceptors (Lipinski definition) is 4. The van der Waals surface area contributed by atoms with Crippen molar-refractivity contribution in [1.29, 1.82) is 0 Å². The Morgan fingerprint density at radius 2 is 1.81 bits per heavy atom. The summed E-state index contributed by atoms with van der Waals surface area (Å²) >= 11 is 6.21. The topological polar surface area (TPSA) is 58.6 Å². The van der Waals surface area contributed by atoms with E-state index < -0.39 is 10.0 Å². The number of fused-ring (bicyclic) bond motifs is 1. The van der Waals surface area contributed by atoms with Crippen molar-refractivity contribution in [3.05, 3.63) is 59.1 Å². The minimum Gasteiger partial charge on any atom is -0.497 e. The highest BCUT2D eigenvalue weighted by Gasteiger charge is 2.49. The number of methoxy groups -OCH3 is 1. The smallest absolute Gasteiger partial charge is 0.245 e. The number of benzene rings is 2. The van der Waals surface area contributed by atoms with Gasteiger partial charge in [0.25, 0.3) is 0 Å². The molecule has 2 aliphatic heterocycles. The summed E-state index contributed by atoms with van der Waals surface area (Å²) in [6.45, 7) is 2.16. The second kappa shape index (κ2) is 7.97. The molecular weight excluding hydrogens is 407 g/mol. The van der Waals surface area contributed by atoms with Crippen LogP contribution in [0.25, 0.3) is 0 Å².